The fourth-order valence-corrected chi connectivity index (χ4v) is 7.58. The first-order valence-corrected chi connectivity index (χ1v) is 16.4. The molecule has 0 bridgehead atoms. The molecule has 0 N–H and O–H groups in total. The average Bonchev–Trinajstić information content (AvgIpc) is 3.55. The molecule has 9 aromatic rings. The van der Waals surface area contributed by atoms with E-state index >= 15 is 0 Å². The lowest BCUT2D eigenvalue weighted by Gasteiger charge is -2.12. The lowest BCUT2D eigenvalue weighted by Crippen LogP contribution is -1.94. The van der Waals surface area contributed by atoms with E-state index in [1.165, 1.54) is 25.6 Å². The summed E-state index contributed by atoms with van der Waals surface area (Å²) in [4.78, 5) is 19.5. The van der Waals surface area contributed by atoms with Crippen LogP contribution in [0, 0.1) is 0 Å². The Bertz CT molecular complexity index is 2490. The third kappa shape index (κ3) is 4.85. The summed E-state index contributed by atoms with van der Waals surface area (Å²) in [6, 6.07) is 50.5. The minimum Gasteiger partial charge on any atom is -0.255 e. The summed E-state index contributed by atoms with van der Waals surface area (Å²) in [7, 11) is 0. The van der Waals surface area contributed by atoms with Crippen molar-refractivity contribution < 1.29 is 0 Å². The van der Waals surface area contributed by atoms with Gasteiger partial charge in [-0.05, 0) is 59.2 Å². The van der Waals surface area contributed by atoms with Crippen LogP contribution in [0.25, 0.3) is 87.4 Å². The highest BCUT2D eigenvalue weighted by atomic mass is 32.1. The number of para-hydroxylation sites is 1. The second-order valence-electron chi connectivity index (χ2n) is 11.5. The molecule has 9 rings (SSSR count). The van der Waals surface area contributed by atoms with Crippen LogP contribution in [0.2, 0.25) is 0 Å². The zero-order valence-corrected chi connectivity index (χ0v) is 26.0. The molecule has 0 spiro atoms. The second-order valence-corrected chi connectivity index (χ2v) is 12.5. The second kappa shape index (κ2) is 11.4. The van der Waals surface area contributed by atoms with Gasteiger partial charge < -0.3 is 0 Å². The Morgan fingerprint density at radius 2 is 1.06 bits per heavy atom. The van der Waals surface area contributed by atoms with Crippen LogP contribution in [0.3, 0.4) is 0 Å². The Kier molecular flexibility index (Phi) is 6.61. The van der Waals surface area contributed by atoms with Crippen molar-refractivity contribution in [1.82, 2.24) is 19.9 Å². The number of thiophene rings is 1. The van der Waals surface area contributed by atoms with Gasteiger partial charge in [0.25, 0.3) is 0 Å². The van der Waals surface area contributed by atoms with Gasteiger partial charge in [0.05, 0.1) is 34.0 Å². The zero-order chi connectivity index (χ0) is 31.2. The highest BCUT2D eigenvalue weighted by Crippen LogP contribution is 2.44. The van der Waals surface area contributed by atoms with E-state index in [0.29, 0.717) is 0 Å². The molecule has 0 aliphatic carbocycles. The van der Waals surface area contributed by atoms with Crippen molar-refractivity contribution in [2.24, 2.45) is 0 Å². The van der Waals surface area contributed by atoms with Gasteiger partial charge >= 0.3 is 0 Å². The predicted octanol–water partition coefficient (Wildman–Crippen LogP) is 11.1. The normalized spacial score (nSPS) is 11.4. The SMILES string of the molecule is c1ccc(-c2nc3c(-c4ccc(-c5cc(-c6ccccn6)nc(-c6ccccn6)c5)cc4)cccc3c3sc4ccccc4c23)cc1. The summed E-state index contributed by atoms with van der Waals surface area (Å²) in [6.07, 6.45) is 3.60. The van der Waals surface area contributed by atoms with E-state index in [1.807, 2.05) is 47.7 Å². The molecule has 0 aliphatic heterocycles. The number of aromatic nitrogens is 4. The third-order valence-electron chi connectivity index (χ3n) is 8.59. The topological polar surface area (TPSA) is 51.6 Å². The largest absolute Gasteiger partial charge is 0.255 e. The number of rotatable bonds is 5. The Balaban J connectivity index is 1.20. The van der Waals surface area contributed by atoms with Crippen molar-refractivity contribution >= 4 is 42.4 Å². The molecule has 5 heteroatoms. The maximum absolute atomic E-state index is 5.43. The highest BCUT2D eigenvalue weighted by Gasteiger charge is 2.18. The Morgan fingerprint density at radius 1 is 0.426 bits per heavy atom. The fourth-order valence-electron chi connectivity index (χ4n) is 6.35. The predicted molar refractivity (Wildman–Crippen MR) is 195 cm³/mol. The summed E-state index contributed by atoms with van der Waals surface area (Å²) in [5, 5.41) is 3.65. The zero-order valence-electron chi connectivity index (χ0n) is 25.2. The fraction of sp³-hybridized carbons (Fsp3) is 0. The van der Waals surface area contributed by atoms with Gasteiger partial charge in [-0.15, -0.1) is 11.3 Å². The van der Waals surface area contributed by atoms with Crippen LogP contribution in [0.5, 0.6) is 0 Å². The number of hydrogen-bond donors (Lipinski definition) is 0. The molecule has 0 aliphatic rings. The Hall–Kier alpha value is -6.04. The van der Waals surface area contributed by atoms with Crippen molar-refractivity contribution in [3.63, 3.8) is 0 Å². The molecule has 0 fully saturated rings. The Morgan fingerprint density at radius 3 is 1.77 bits per heavy atom. The van der Waals surface area contributed by atoms with Crippen molar-refractivity contribution in [1.29, 1.82) is 0 Å². The summed E-state index contributed by atoms with van der Waals surface area (Å²) in [5.41, 5.74) is 10.8. The van der Waals surface area contributed by atoms with Gasteiger partial charge in [-0.1, -0.05) is 103 Å². The first-order chi connectivity index (χ1) is 23.3. The summed E-state index contributed by atoms with van der Waals surface area (Å²) in [6.45, 7) is 0. The van der Waals surface area contributed by atoms with Crippen LogP contribution < -0.4 is 0 Å². The van der Waals surface area contributed by atoms with Crippen molar-refractivity contribution in [2.45, 2.75) is 0 Å². The molecule has 0 amide bonds. The molecule has 0 unspecified atom stereocenters. The van der Waals surface area contributed by atoms with Crippen LogP contribution in [0.15, 0.2) is 158 Å². The standard InChI is InChI=1S/C42H26N4S/c1-2-11-29(12-3-1)40-39-32-13-4-5-18-38(32)47-42(39)33-15-10-14-31(41(33)46-40)28-21-19-27(20-22-28)30-25-36(34-16-6-8-23-43-34)45-37(26-30)35-17-7-9-24-44-35/h1-26H. The first-order valence-electron chi connectivity index (χ1n) is 15.6. The molecule has 4 nitrogen and oxygen atoms in total. The number of fused-ring (bicyclic) bond motifs is 5. The molecule has 5 aromatic heterocycles. The van der Waals surface area contributed by atoms with E-state index in [4.69, 9.17) is 9.97 Å². The van der Waals surface area contributed by atoms with E-state index in [9.17, 15) is 0 Å². The van der Waals surface area contributed by atoms with Gasteiger partial charge in [-0.3, -0.25) is 9.97 Å². The van der Waals surface area contributed by atoms with Gasteiger partial charge in [0.2, 0.25) is 0 Å². The summed E-state index contributed by atoms with van der Waals surface area (Å²) < 4.78 is 2.55. The number of pyridine rings is 4. The number of nitrogens with zero attached hydrogens (tertiary/aromatic N) is 4. The first kappa shape index (κ1) is 27.3. The minimum atomic E-state index is 0.812. The lowest BCUT2D eigenvalue weighted by molar-refractivity contribution is 1.22. The van der Waals surface area contributed by atoms with Crippen LogP contribution in [-0.4, -0.2) is 19.9 Å². The maximum atomic E-state index is 5.43. The van der Waals surface area contributed by atoms with Crippen molar-refractivity contribution in [3.05, 3.63) is 158 Å². The summed E-state index contributed by atoms with van der Waals surface area (Å²) >= 11 is 1.85. The van der Waals surface area contributed by atoms with Gasteiger partial charge in [0.1, 0.15) is 0 Å². The van der Waals surface area contributed by atoms with E-state index in [1.54, 1.807) is 12.4 Å². The molecule has 47 heavy (non-hydrogen) atoms. The maximum Gasteiger partial charge on any atom is 0.0900 e. The van der Waals surface area contributed by atoms with Gasteiger partial charge in [0, 0.05) is 49.1 Å². The van der Waals surface area contributed by atoms with Crippen LogP contribution in [-0.2, 0) is 0 Å². The van der Waals surface area contributed by atoms with Gasteiger partial charge in [-0.2, -0.15) is 0 Å². The van der Waals surface area contributed by atoms with Gasteiger partial charge in [0.15, 0.2) is 0 Å². The monoisotopic (exact) mass is 618 g/mol. The molecule has 0 atom stereocenters. The van der Waals surface area contributed by atoms with Crippen LogP contribution in [0.4, 0.5) is 0 Å². The van der Waals surface area contributed by atoms with E-state index < -0.39 is 0 Å². The molecular formula is C42H26N4S. The van der Waals surface area contributed by atoms with Crippen molar-refractivity contribution in [3.8, 4) is 56.3 Å². The van der Waals surface area contributed by atoms with Crippen molar-refractivity contribution in [2.75, 3.05) is 0 Å². The van der Waals surface area contributed by atoms with Gasteiger partial charge in [-0.25, -0.2) is 9.97 Å². The smallest absolute Gasteiger partial charge is 0.0900 e. The van der Waals surface area contributed by atoms with E-state index in [0.717, 1.165) is 61.8 Å². The van der Waals surface area contributed by atoms with E-state index in [-0.39, 0.29) is 0 Å². The van der Waals surface area contributed by atoms with E-state index in [2.05, 4.69) is 119 Å². The molecule has 4 aromatic carbocycles. The van der Waals surface area contributed by atoms with Crippen LogP contribution in [0.1, 0.15) is 0 Å². The number of benzene rings is 4. The van der Waals surface area contributed by atoms with Crippen LogP contribution >= 0.6 is 11.3 Å². The highest BCUT2D eigenvalue weighted by molar-refractivity contribution is 7.26. The molecule has 0 saturated carbocycles. The third-order valence-corrected chi connectivity index (χ3v) is 9.80. The Labute approximate surface area is 275 Å². The molecule has 5 heterocycles. The number of hydrogen-bond acceptors (Lipinski definition) is 5. The molecule has 0 saturated heterocycles. The molecular weight excluding hydrogens is 593 g/mol. The minimum absolute atomic E-state index is 0.812. The molecule has 220 valence electrons. The summed E-state index contributed by atoms with van der Waals surface area (Å²) in [5.74, 6) is 0. The molecule has 0 radical (unpaired) electrons. The lowest BCUT2D eigenvalue weighted by atomic mass is 9.96. The average molecular weight is 619 g/mol. The quantitative estimate of drug-likeness (QED) is 0.193.